The van der Waals surface area contributed by atoms with Crippen molar-refractivity contribution in [3.05, 3.63) is 30.3 Å². The van der Waals surface area contributed by atoms with Crippen molar-refractivity contribution >= 4 is 23.6 Å². The van der Waals surface area contributed by atoms with Gasteiger partial charge in [-0.1, -0.05) is 32.0 Å². The molecule has 0 spiro atoms. The van der Waals surface area contributed by atoms with Crippen LogP contribution in [0.3, 0.4) is 0 Å². The lowest BCUT2D eigenvalue weighted by Crippen LogP contribution is -2.49. The van der Waals surface area contributed by atoms with Crippen LogP contribution >= 0.6 is 11.8 Å². The molecule has 0 radical (unpaired) electrons. The van der Waals surface area contributed by atoms with Crippen molar-refractivity contribution in [1.82, 2.24) is 10.6 Å². The average molecular weight is 407 g/mol. The van der Waals surface area contributed by atoms with E-state index in [1.165, 1.54) is 0 Å². The summed E-state index contributed by atoms with van der Waals surface area (Å²) < 4.78 is 0. The van der Waals surface area contributed by atoms with Crippen LogP contribution in [0.2, 0.25) is 0 Å². The van der Waals surface area contributed by atoms with Gasteiger partial charge in [0.05, 0.1) is 12.2 Å². The molecule has 7 heteroatoms. The van der Waals surface area contributed by atoms with E-state index < -0.39 is 24.2 Å². The van der Waals surface area contributed by atoms with Gasteiger partial charge in [-0.3, -0.25) is 9.59 Å². The second-order valence-corrected chi connectivity index (χ2v) is 8.12. The Bertz CT molecular complexity index is 646. The molecule has 2 amide bonds. The zero-order valence-electron chi connectivity index (χ0n) is 16.4. The van der Waals surface area contributed by atoms with Crippen molar-refractivity contribution < 1.29 is 19.8 Å². The van der Waals surface area contributed by atoms with Crippen LogP contribution in [0.1, 0.15) is 33.1 Å². The summed E-state index contributed by atoms with van der Waals surface area (Å²) in [6, 6.07) is 8.86. The molecule has 0 saturated carbocycles. The van der Waals surface area contributed by atoms with Gasteiger partial charge in [-0.15, -0.1) is 24.1 Å². The van der Waals surface area contributed by atoms with E-state index in [0.717, 1.165) is 4.90 Å². The number of rotatable bonds is 12. The van der Waals surface area contributed by atoms with Crippen LogP contribution in [-0.2, 0) is 9.59 Å². The first-order chi connectivity index (χ1) is 13.3. The molecule has 0 aliphatic heterocycles. The fraction of sp³-hybridized carbons (Fsp3) is 0.524. The number of hydrogen-bond donors (Lipinski definition) is 4. The number of benzene rings is 1. The summed E-state index contributed by atoms with van der Waals surface area (Å²) >= 11 is 1.56. The molecule has 4 N–H and O–H groups in total. The minimum atomic E-state index is -1.07. The highest BCUT2D eigenvalue weighted by Gasteiger charge is 2.23. The summed E-state index contributed by atoms with van der Waals surface area (Å²) in [4.78, 5) is 25.5. The molecule has 6 nitrogen and oxygen atoms in total. The summed E-state index contributed by atoms with van der Waals surface area (Å²) in [5.41, 5.74) is 0. The lowest BCUT2D eigenvalue weighted by molar-refractivity contribution is -0.129. The van der Waals surface area contributed by atoms with E-state index in [1.807, 2.05) is 44.2 Å². The molecule has 0 saturated heterocycles. The van der Waals surface area contributed by atoms with E-state index in [-0.39, 0.29) is 31.2 Å². The number of amides is 2. The number of carbonyl (C=O) groups excluding carboxylic acids is 2. The van der Waals surface area contributed by atoms with Gasteiger partial charge in [0.1, 0.15) is 6.04 Å². The zero-order chi connectivity index (χ0) is 20.9. The van der Waals surface area contributed by atoms with Gasteiger partial charge in [0.2, 0.25) is 11.8 Å². The van der Waals surface area contributed by atoms with E-state index in [2.05, 4.69) is 16.6 Å². The third-order valence-electron chi connectivity index (χ3n) is 3.96. The maximum Gasteiger partial charge on any atom is 0.243 e. The van der Waals surface area contributed by atoms with Gasteiger partial charge in [-0.2, -0.15) is 0 Å². The van der Waals surface area contributed by atoms with Gasteiger partial charge in [-0.05, 0) is 24.5 Å². The van der Waals surface area contributed by atoms with Gasteiger partial charge >= 0.3 is 0 Å². The first-order valence-corrected chi connectivity index (χ1v) is 10.4. The fourth-order valence-electron chi connectivity index (χ4n) is 2.48. The largest absolute Gasteiger partial charge is 0.390 e. The Morgan fingerprint density at radius 1 is 1.18 bits per heavy atom. The van der Waals surface area contributed by atoms with Crippen LogP contribution in [0.15, 0.2) is 35.2 Å². The summed E-state index contributed by atoms with van der Waals surface area (Å²) in [7, 11) is 0. The van der Waals surface area contributed by atoms with Gasteiger partial charge < -0.3 is 20.8 Å². The number of aliphatic hydroxyl groups is 2. The smallest absolute Gasteiger partial charge is 0.243 e. The lowest BCUT2D eigenvalue weighted by Gasteiger charge is -2.22. The molecule has 0 fully saturated rings. The molecule has 0 heterocycles. The number of carbonyl (C=O) groups is 2. The topological polar surface area (TPSA) is 98.7 Å². The van der Waals surface area contributed by atoms with Crippen LogP contribution in [0.5, 0.6) is 0 Å². The Balaban J connectivity index is 2.42. The predicted molar refractivity (Wildman–Crippen MR) is 112 cm³/mol. The molecule has 1 aromatic carbocycles. The first kappa shape index (κ1) is 24.0. The van der Waals surface area contributed by atoms with Gasteiger partial charge in [0, 0.05) is 30.0 Å². The molecular weight excluding hydrogens is 376 g/mol. The van der Waals surface area contributed by atoms with Crippen LogP contribution in [-0.4, -0.2) is 52.6 Å². The maximum atomic E-state index is 12.3. The highest BCUT2D eigenvalue weighted by Crippen LogP contribution is 2.17. The van der Waals surface area contributed by atoms with Crippen molar-refractivity contribution in [2.75, 3.05) is 12.3 Å². The number of aliphatic hydroxyl groups excluding tert-OH is 2. The second kappa shape index (κ2) is 13.2. The SMILES string of the molecule is C#CCC(NC(=O)CCSc1ccccc1)C(=O)NC[C@@H](O)[C@@H](O)CC(C)C. The molecule has 1 unspecified atom stereocenters. The molecule has 0 bridgehead atoms. The number of nitrogens with one attached hydrogen (secondary N) is 2. The zero-order valence-corrected chi connectivity index (χ0v) is 17.2. The quantitative estimate of drug-likeness (QED) is 0.312. The summed E-state index contributed by atoms with van der Waals surface area (Å²) in [6.45, 7) is 3.76. The minimum absolute atomic E-state index is 0.0496. The minimum Gasteiger partial charge on any atom is -0.390 e. The Kier molecular flexibility index (Phi) is 11.3. The molecular formula is C21H30N2O4S. The van der Waals surface area contributed by atoms with Gasteiger partial charge in [0.25, 0.3) is 0 Å². The highest BCUT2D eigenvalue weighted by molar-refractivity contribution is 7.99. The average Bonchev–Trinajstić information content (AvgIpc) is 2.65. The maximum absolute atomic E-state index is 12.3. The molecule has 0 aliphatic rings. The van der Waals surface area contributed by atoms with Gasteiger partial charge in [-0.25, -0.2) is 0 Å². The van der Waals surface area contributed by atoms with E-state index in [4.69, 9.17) is 6.42 Å². The van der Waals surface area contributed by atoms with Gasteiger partial charge in [0.15, 0.2) is 0 Å². The molecule has 0 aromatic heterocycles. The fourth-order valence-corrected chi connectivity index (χ4v) is 3.35. The molecule has 1 rings (SSSR count). The first-order valence-electron chi connectivity index (χ1n) is 9.38. The Morgan fingerprint density at radius 3 is 2.46 bits per heavy atom. The van der Waals surface area contributed by atoms with E-state index >= 15 is 0 Å². The molecule has 0 aliphatic carbocycles. The van der Waals surface area contributed by atoms with Crippen LogP contribution in [0.4, 0.5) is 0 Å². The number of terminal acetylenes is 1. The summed E-state index contributed by atoms with van der Waals surface area (Å²) in [5, 5.41) is 25.0. The van der Waals surface area contributed by atoms with Crippen LogP contribution in [0.25, 0.3) is 0 Å². The Morgan fingerprint density at radius 2 is 1.86 bits per heavy atom. The van der Waals surface area contributed by atoms with Crippen molar-refractivity contribution in [1.29, 1.82) is 0 Å². The second-order valence-electron chi connectivity index (χ2n) is 6.95. The number of hydrogen-bond acceptors (Lipinski definition) is 5. The molecule has 3 atom stereocenters. The monoisotopic (exact) mass is 406 g/mol. The normalized spacial score (nSPS) is 14.0. The van der Waals surface area contributed by atoms with Crippen LogP contribution in [0, 0.1) is 18.3 Å². The molecule has 1 aromatic rings. The molecule has 154 valence electrons. The van der Waals surface area contributed by atoms with Crippen molar-refractivity contribution in [3.8, 4) is 12.3 Å². The highest BCUT2D eigenvalue weighted by atomic mass is 32.2. The van der Waals surface area contributed by atoms with Crippen molar-refractivity contribution in [3.63, 3.8) is 0 Å². The van der Waals surface area contributed by atoms with E-state index in [9.17, 15) is 19.8 Å². The van der Waals surface area contributed by atoms with Crippen LogP contribution < -0.4 is 10.6 Å². The molecule has 28 heavy (non-hydrogen) atoms. The van der Waals surface area contributed by atoms with E-state index in [0.29, 0.717) is 12.2 Å². The van der Waals surface area contributed by atoms with Crippen molar-refractivity contribution in [2.24, 2.45) is 5.92 Å². The van der Waals surface area contributed by atoms with E-state index in [1.54, 1.807) is 11.8 Å². The standard InChI is InChI=1S/C21H30N2O4S/c1-4-8-17(21(27)22-14-19(25)18(24)13-15(2)3)23-20(26)11-12-28-16-9-6-5-7-10-16/h1,5-7,9-10,15,17-19,24-25H,8,11-14H2,2-3H3,(H,22,27)(H,23,26)/t17?,18-,19+/m0/s1. The predicted octanol–water partition coefficient (Wildman–Crippen LogP) is 1.56. The third-order valence-corrected chi connectivity index (χ3v) is 4.97. The van der Waals surface area contributed by atoms with Crippen molar-refractivity contribution in [2.45, 2.75) is 56.3 Å². The Labute approximate surface area is 171 Å². The summed E-state index contributed by atoms with van der Waals surface area (Å²) in [6.07, 6.45) is 4.04. The summed E-state index contributed by atoms with van der Waals surface area (Å²) in [5.74, 6) is 2.45. The number of thioether (sulfide) groups is 1. The lowest BCUT2D eigenvalue weighted by atomic mass is 10.0. The third kappa shape index (κ3) is 9.79. The Hall–Kier alpha value is -2.01.